The predicted molar refractivity (Wildman–Crippen MR) is 56.0 cm³/mol. The number of aromatic carboxylic acids is 1. The Balaban J connectivity index is 2.48. The van der Waals surface area contributed by atoms with Gasteiger partial charge in [-0.05, 0) is 12.1 Å². The molecule has 0 spiro atoms. The van der Waals surface area contributed by atoms with Crippen molar-refractivity contribution < 1.29 is 9.90 Å². The van der Waals surface area contributed by atoms with Crippen LogP contribution in [0.3, 0.4) is 0 Å². The lowest BCUT2D eigenvalue weighted by molar-refractivity contribution is 0.0697. The Labute approximate surface area is 90.5 Å². The van der Waals surface area contributed by atoms with Gasteiger partial charge >= 0.3 is 5.97 Å². The van der Waals surface area contributed by atoms with Crippen LogP contribution in [0.4, 0.5) is 0 Å². The van der Waals surface area contributed by atoms with Crippen molar-refractivity contribution in [2.24, 2.45) is 0 Å². The van der Waals surface area contributed by atoms with Crippen LogP contribution in [0.1, 0.15) is 10.4 Å². The number of halogens is 1. The summed E-state index contributed by atoms with van der Waals surface area (Å²) in [5.41, 5.74) is 1.76. The monoisotopic (exact) mass is 222 g/mol. The summed E-state index contributed by atoms with van der Waals surface area (Å²) in [6.07, 6.45) is 3.32. The van der Waals surface area contributed by atoms with Gasteiger partial charge in [0.2, 0.25) is 0 Å². The molecule has 1 heterocycles. The van der Waals surface area contributed by atoms with Crippen molar-refractivity contribution in [2.75, 3.05) is 0 Å². The van der Waals surface area contributed by atoms with Crippen molar-refractivity contribution in [2.45, 2.75) is 0 Å². The number of hydrogen-bond donors (Lipinski definition) is 2. The Morgan fingerprint density at radius 2 is 2.27 bits per heavy atom. The standard InChI is InChI=1S/C10H7ClN2O2/c11-9-3-6(10(14)15)1-2-8(9)7-4-12-13-5-7/h1-5H,(H,12,13)(H,14,15). The molecule has 2 N–H and O–H groups in total. The number of carbonyl (C=O) groups is 1. The third-order valence-corrected chi connectivity index (χ3v) is 2.34. The van der Waals surface area contributed by atoms with E-state index in [0.29, 0.717) is 5.02 Å². The zero-order valence-electron chi connectivity index (χ0n) is 7.57. The Bertz CT molecular complexity index is 494. The van der Waals surface area contributed by atoms with Crippen LogP contribution in [0.5, 0.6) is 0 Å². The van der Waals surface area contributed by atoms with Crippen LogP contribution < -0.4 is 0 Å². The smallest absolute Gasteiger partial charge is 0.335 e. The first-order valence-electron chi connectivity index (χ1n) is 4.20. The third-order valence-electron chi connectivity index (χ3n) is 2.03. The number of nitrogens with one attached hydrogen (secondary N) is 1. The molecule has 15 heavy (non-hydrogen) atoms. The molecule has 0 atom stereocenters. The number of carboxylic acid groups (broad SMARTS) is 1. The number of rotatable bonds is 2. The topological polar surface area (TPSA) is 66.0 Å². The Kier molecular flexibility index (Phi) is 2.43. The van der Waals surface area contributed by atoms with Gasteiger partial charge in [-0.15, -0.1) is 0 Å². The zero-order chi connectivity index (χ0) is 10.8. The second-order valence-corrected chi connectivity index (χ2v) is 3.39. The van der Waals surface area contributed by atoms with Gasteiger partial charge in [0, 0.05) is 22.3 Å². The van der Waals surface area contributed by atoms with E-state index >= 15 is 0 Å². The van der Waals surface area contributed by atoms with Crippen LogP contribution in [-0.2, 0) is 0 Å². The first-order valence-corrected chi connectivity index (χ1v) is 4.58. The normalized spacial score (nSPS) is 10.2. The van der Waals surface area contributed by atoms with E-state index in [4.69, 9.17) is 16.7 Å². The lowest BCUT2D eigenvalue weighted by atomic mass is 10.1. The minimum atomic E-state index is -0.990. The number of benzene rings is 1. The highest BCUT2D eigenvalue weighted by atomic mass is 35.5. The fourth-order valence-electron chi connectivity index (χ4n) is 1.28. The van der Waals surface area contributed by atoms with Gasteiger partial charge in [-0.2, -0.15) is 5.10 Å². The van der Waals surface area contributed by atoms with Gasteiger partial charge in [0.05, 0.1) is 11.8 Å². The predicted octanol–water partition coefficient (Wildman–Crippen LogP) is 2.43. The molecular formula is C10H7ClN2O2. The van der Waals surface area contributed by atoms with Crippen LogP contribution >= 0.6 is 11.6 Å². The number of carboxylic acids is 1. The van der Waals surface area contributed by atoms with Gasteiger partial charge in [-0.1, -0.05) is 17.7 Å². The third kappa shape index (κ3) is 1.85. The quantitative estimate of drug-likeness (QED) is 0.820. The highest BCUT2D eigenvalue weighted by Gasteiger charge is 2.08. The molecule has 0 aliphatic carbocycles. The molecule has 76 valence electrons. The molecule has 0 unspecified atom stereocenters. The Morgan fingerprint density at radius 3 is 2.80 bits per heavy atom. The van der Waals surface area contributed by atoms with E-state index < -0.39 is 5.97 Å². The molecule has 0 aliphatic rings. The molecule has 0 saturated carbocycles. The van der Waals surface area contributed by atoms with Crippen molar-refractivity contribution in [1.29, 1.82) is 0 Å². The summed E-state index contributed by atoms with van der Waals surface area (Å²) in [4.78, 5) is 10.7. The van der Waals surface area contributed by atoms with Crippen molar-refractivity contribution in [1.82, 2.24) is 10.2 Å². The van der Waals surface area contributed by atoms with Crippen LogP contribution in [0.25, 0.3) is 11.1 Å². The maximum Gasteiger partial charge on any atom is 0.335 e. The lowest BCUT2D eigenvalue weighted by Crippen LogP contribution is -1.95. The molecule has 0 radical (unpaired) electrons. The van der Waals surface area contributed by atoms with Crippen molar-refractivity contribution >= 4 is 17.6 Å². The second-order valence-electron chi connectivity index (χ2n) is 2.99. The summed E-state index contributed by atoms with van der Waals surface area (Å²) < 4.78 is 0. The summed E-state index contributed by atoms with van der Waals surface area (Å²) in [6, 6.07) is 4.60. The highest BCUT2D eigenvalue weighted by Crippen LogP contribution is 2.27. The highest BCUT2D eigenvalue weighted by molar-refractivity contribution is 6.33. The van der Waals surface area contributed by atoms with Gasteiger partial charge in [0.1, 0.15) is 0 Å². The molecule has 0 bridgehead atoms. The fourth-order valence-corrected chi connectivity index (χ4v) is 1.57. The molecule has 2 rings (SSSR count). The van der Waals surface area contributed by atoms with Crippen LogP contribution in [0.15, 0.2) is 30.6 Å². The molecule has 1 aromatic heterocycles. The molecule has 0 aliphatic heterocycles. The number of nitrogens with zero attached hydrogens (tertiary/aromatic N) is 1. The number of aromatic nitrogens is 2. The molecular weight excluding hydrogens is 216 g/mol. The maximum absolute atomic E-state index is 10.7. The van der Waals surface area contributed by atoms with Gasteiger partial charge in [0.15, 0.2) is 0 Å². The summed E-state index contributed by atoms with van der Waals surface area (Å²) in [5, 5.41) is 15.6. The van der Waals surface area contributed by atoms with E-state index in [9.17, 15) is 4.79 Å². The van der Waals surface area contributed by atoms with Crippen molar-refractivity contribution in [3.8, 4) is 11.1 Å². The van der Waals surface area contributed by atoms with Crippen molar-refractivity contribution in [3.63, 3.8) is 0 Å². The molecule has 0 saturated heterocycles. The summed E-state index contributed by atoms with van der Waals surface area (Å²) in [7, 11) is 0. The number of hydrogen-bond acceptors (Lipinski definition) is 2. The molecule has 4 nitrogen and oxygen atoms in total. The van der Waals surface area contributed by atoms with Crippen LogP contribution in [0, 0.1) is 0 Å². The Hall–Kier alpha value is -1.81. The molecule has 2 aromatic rings. The average molecular weight is 223 g/mol. The van der Waals surface area contributed by atoms with E-state index in [1.165, 1.54) is 12.1 Å². The minimum Gasteiger partial charge on any atom is -0.478 e. The molecule has 0 fully saturated rings. The summed E-state index contributed by atoms with van der Waals surface area (Å²) in [6.45, 7) is 0. The minimum absolute atomic E-state index is 0.173. The fraction of sp³-hybridized carbons (Fsp3) is 0. The first-order chi connectivity index (χ1) is 7.18. The first kappa shape index (κ1) is 9.73. The second kappa shape index (κ2) is 3.74. The van der Waals surface area contributed by atoms with E-state index in [0.717, 1.165) is 11.1 Å². The summed E-state index contributed by atoms with van der Waals surface area (Å²) in [5.74, 6) is -0.990. The van der Waals surface area contributed by atoms with Crippen molar-refractivity contribution in [3.05, 3.63) is 41.2 Å². The number of aromatic amines is 1. The van der Waals surface area contributed by atoms with Gasteiger partial charge in [-0.25, -0.2) is 4.79 Å². The molecule has 5 heteroatoms. The largest absolute Gasteiger partial charge is 0.478 e. The van der Waals surface area contributed by atoms with E-state index in [1.807, 2.05) is 0 Å². The van der Waals surface area contributed by atoms with E-state index in [1.54, 1.807) is 18.5 Å². The maximum atomic E-state index is 10.7. The van der Waals surface area contributed by atoms with E-state index in [2.05, 4.69) is 10.2 Å². The SMILES string of the molecule is O=C(O)c1ccc(-c2cn[nH]c2)c(Cl)c1. The van der Waals surface area contributed by atoms with Gasteiger partial charge in [0.25, 0.3) is 0 Å². The Morgan fingerprint density at radius 1 is 1.47 bits per heavy atom. The molecule has 0 amide bonds. The zero-order valence-corrected chi connectivity index (χ0v) is 8.32. The van der Waals surface area contributed by atoms with Gasteiger partial charge < -0.3 is 5.11 Å². The average Bonchev–Trinajstić information content (AvgIpc) is 2.70. The summed E-state index contributed by atoms with van der Waals surface area (Å²) >= 11 is 5.96. The van der Waals surface area contributed by atoms with E-state index in [-0.39, 0.29) is 5.56 Å². The molecule has 1 aromatic carbocycles. The number of H-pyrrole nitrogens is 1. The van der Waals surface area contributed by atoms with Gasteiger partial charge in [-0.3, -0.25) is 5.10 Å². The van der Waals surface area contributed by atoms with Crippen LogP contribution in [0.2, 0.25) is 5.02 Å². The van der Waals surface area contributed by atoms with Crippen LogP contribution in [-0.4, -0.2) is 21.3 Å². The lowest BCUT2D eigenvalue weighted by Gasteiger charge is -2.02.